The Bertz CT molecular complexity index is 949. The van der Waals surface area contributed by atoms with E-state index in [9.17, 15) is 4.79 Å². The Kier molecular flexibility index (Phi) is 4.72. The number of fused-ring (bicyclic) bond motifs is 1. The van der Waals surface area contributed by atoms with Gasteiger partial charge in [0.25, 0.3) is 5.91 Å². The molecular formula is C18H17ClN4O2. The first-order chi connectivity index (χ1) is 12.0. The van der Waals surface area contributed by atoms with Crippen molar-refractivity contribution >= 4 is 34.9 Å². The SMILES string of the molecule is C=Cc1cnc2c(C(=O)Nc3cc(Cl)ccc3OC(C)C)cnn2c1. The van der Waals surface area contributed by atoms with E-state index in [0.29, 0.717) is 27.7 Å². The van der Waals surface area contributed by atoms with Crippen LogP contribution in [0.4, 0.5) is 5.69 Å². The molecule has 0 radical (unpaired) electrons. The molecule has 0 saturated carbocycles. The van der Waals surface area contributed by atoms with Gasteiger partial charge in [0.2, 0.25) is 0 Å². The van der Waals surface area contributed by atoms with Crippen LogP contribution in [0.2, 0.25) is 5.02 Å². The lowest BCUT2D eigenvalue weighted by Gasteiger charge is -2.15. The summed E-state index contributed by atoms with van der Waals surface area (Å²) in [6.07, 6.45) is 6.48. The number of amides is 1. The van der Waals surface area contributed by atoms with E-state index in [1.165, 1.54) is 10.7 Å². The van der Waals surface area contributed by atoms with Gasteiger partial charge in [0.1, 0.15) is 11.3 Å². The van der Waals surface area contributed by atoms with Crippen LogP contribution in [0.15, 0.2) is 43.4 Å². The normalized spacial score (nSPS) is 10.9. The number of hydrogen-bond donors (Lipinski definition) is 1. The van der Waals surface area contributed by atoms with E-state index < -0.39 is 0 Å². The molecule has 0 spiro atoms. The van der Waals surface area contributed by atoms with Crippen LogP contribution in [0.3, 0.4) is 0 Å². The fourth-order valence-electron chi connectivity index (χ4n) is 2.30. The zero-order valence-electron chi connectivity index (χ0n) is 13.9. The lowest BCUT2D eigenvalue weighted by atomic mass is 10.2. The number of ether oxygens (including phenoxy) is 1. The number of nitrogens with one attached hydrogen (secondary N) is 1. The number of carbonyl (C=O) groups excluding carboxylic acids is 1. The molecule has 3 rings (SSSR count). The van der Waals surface area contributed by atoms with Gasteiger partial charge in [0.05, 0.1) is 18.0 Å². The van der Waals surface area contributed by atoms with Crippen LogP contribution in [-0.4, -0.2) is 26.6 Å². The molecule has 0 fully saturated rings. The second-order valence-electron chi connectivity index (χ2n) is 5.68. The van der Waals surface area contributed by atoms with Gasteiger partial charge in [-0.3, -0.25) is 4.79 Å². The minimum Gasteiger partial charge on any atom is -0.489 e. The number of anilines is 1. The number of halogens is 1. The largest absolute Gasteiger partial charge is 0.489 e. The summed E-state index contributed by atoms with van der Waals surface area (Å²) in [6.45, 7) is 7.51. The van der Waals surface area contributed by atoms with Gasteiger partial charge in [0, 0.05) is 23.0 Å². The van der Waals surface area contributed by atoms with E-state index >= 15 is 0 Å². The van der Waals surface area contributed by atoms with Crippen LogP contribution in [0, 0.1) is 0 Å². The number of hydrogen-bond acceptors (Lipinski definition) is 4. The van der Waals surface area contributed by atoms with Crippen molar-refractivity contribution in [2.24, 2.45) is 0 Å². The van der Waals surface area contributed by atoms with E-state index in [2.05, 4.69) is 22.0 Å². The Morgan fingerprint density at radius 1 is 1.40 bits per heavy atom. The predicted molar refractivity (Wildman–Crippen MR) is 98.2 cm³/mol. The molecule has 0 aliphatic heterocycles. The maximum absolute atomic E-state index is 12.7. The quantitative estimate of drug-likeness (QED) is 0.748. The van der Waals surface area contributed by atoms with Crippen LogP contribution >= 0.6 is 11.6 Å². The molecule has 1 amide bonds. The molecule has 0 atom stereocenters. The Morgan fingerprint density at radius 2 is 2.20 bits per heavy atom. The highest BCUT2D eigenvalue weighted by Gasteiger charge is 2.17. The zero-order valence-corrected chi connectivity index (χ0v) is 14.6. The Balaban J connectivity index is 1.92. The number of benzene rings is 1. The molecule has 2 aromatic heterocycles. The van der Waals surface area contributed by atoms with Crippen LogP contribution in [0.1, 0.15) is 29.8 Å². The maximum atomic E-state index is 12.7. The molecule has 0 bridgehead atoms. The number of carbonyl (C=O) groups is 1. The van der Waals surface area contributed by atoms with Gasteiger partial charge >= 0.3 is 0 Å². The first kappa shape index (κ1) is 17.0. The van der Waals surface area contributed by atoms with Gasteiger partial charge in [-0.05, 0) is 32.0 Å². The van der Waals surface area contributed by atoms with E-state index in [-0.39, 0.29) is 12.0 Å². The second-order valence-corrected chi connectivity index (χ2v) is 6.12. The summed E-state index contributed by atoms with van der Waals surface area (Å²) in [5.74, 6) is 0.204. The van der Waals surface area contributed by atoms with Crippen molar-refractivity contribution < 1.29 is 9.53 Å². The molecule has 0 aliphatic rings. The minimum absolute atomic E-state index is 0.0344. The predicted octanol–water partition coefficient (Wildman–Crippen LogP) is 4.07. The van der Waals surface area contributed by atoms with E-state index in [1.807, 2.05) is 13.8 Å². The summed E-state index contributed by atoms with van der Waals surface area (Å²) in [7, 11) is 0. The van der Waals surface area contributed by atoms with Crippen molar-refractivity contribution in [3.8, 4) is 5.75 Å². The van der Waals surface area contributed by atoms with Crippen molar-refractivity contribution in [3.63, 3.8) is 0 Å². The first-order valence-electron chi connectivity index (χ1n) is 7.71. The number of rotatable bonds is 5. The van der Waals surface area contributed by atoms with Gasteiger partial charge < -0.3 is 10.1 Å². The molecule has 25 heavy (non-hydrogen) atoms. The molecule has 0 aliphatic carbocycles. The molecule has 0 unspecified atom stereocenters. The second kappa shape index (κ2) is 6.94. The van der Waals surface area contributed by atoms with E-state index in [4.69, 9.17) is 16.3 Å². The average Bonchev–Trinajstić information content (AvgIpc) is 3.00. The van der Waals surface area contributed by atoms with Gasteiger partial charge in [-0.1, -0.05) is 24.3 Å². The highest BCUT2D eigenvalue weighted by atomic mass is 35.5. The maximum Gasteiger partial charge on any atom is 0.261 e. The lowest BCUT2D eigenvalue weighted by molar-refractivity contribution is 0.102. The third kappa shape index (κ3) is 3.64. The highest BCUT2D eigenvalue weighted by molar-refractivity contribution is 6.31. The summed E-state index contributed by atoms with van der Waals surface area (Å²) in [5, 5.41) is 7.48. The molecule has 7 heteroatoms. The van der Waals surface area contributed by atoms with Crippen LogP contribution < -0.4 is 10.1 Å². The summed E-state index contributed by atoms with van der Waals surface area (Å²) >= 11 is 6.05. The molecule has 128 valence electrons. The lowest BCUT2D eigenvalue weighted by Crippen LogP contribution is -2.14. The van der Waals surface area contributed by atoms with Crippen molar-refractivity contribution in [2.75, 3.05) is 5.32 Å². The summed E-state index contributed by atoms with van der Waals surface area (Å²) in [6, 6.07) is 5.08. The standard InChI is InChI=1S/C18H17ClN4O2/c1-4-12-8-20-17-14(9-21-23(17)10-12)18(24)22-15-7-13(19)5-6-16(15)25-11(2)3/h4-11H,1H2,2-3H3,(H,22,24). The van der Waals surface area contributed by atoms with E-state index in [1.54, 1.807) is 36.7 Å². The molecular weight excluding hydrogens is 340 g/mol. The summed E-state index contributed by atoms with van der Waals surface area (Å²) in [4.78, 5) is 16.9. The topological polar surface area (TPSA) is 68.5 Å². The summed E-state index contributed by atoms with van der Waals surface area (Å²) < 4.78 is 7.25. The number of nitrogens with zero attached hydrogens (tertiary/aromatic N) is 3. The smallest absolute Gasteiger partial charge is 0.261 e. The van der Waals surface area contributed by atoms with Crippen LogP contribution in [-0.2, 0) is 0 Å². The molecule has 6 nitrogen and oxygen atoms in total. The van der Waals surface area contributed by atoms with Crippen molar-refractivity contribution in [1.82, 2.24) is 14.6 Å². The Labute approximate surface area is 150 Å². The monoisotopic (exact) mass is 356 g/mol. The number of aromatic nitrogens is 3. The molecule has 3 aromatic rings. The van der Waals surface area contributed by atoms with Gasteiger partial charge in [-0.2, -0.15) is 5.10 Å². The molecule has 1 aromatic carbocycles. The average molecular weight is 357 g/mol. The van der Waals surface area contributed by atoms with Gasteiger partial charge in [-0.15, -0.1) is 0 Å². The van der Waals surface area contributed by atoms with E-state index in [0.717, 1.165) is 5.56 Å². The molecule has 0 saturated heterocycles. The highest BCUT2D eigenvalue weighted by Crippen LogP contribution is 2.29. The van der Waals surface area contributed by atoms with Crippen LogP contribution in [0.25, 0.3) is 11.7 Å². The molecule has 2 heterocycles. The van der Waals surface area contributed by atoms with Crippen molar-refractivity contribution in [1.29, 1.82) is 0 Å². The molecule has 1 N–H and O–H groups in total. The van der Waals surface area contributed by atoms with Gasteiger partial charge in [0.15, 0.2) is 5.65 Å². The fourth-order valence-corrected chi connectivity index (χ4v) is 2.47. The fraction of sp³-hybridized carbons (Fsp3) is 0.167. The third-order valence-electron chi connectivity index (χ3n) is 3.41. The Hall–Kier alpha value is -2.86. The first-order valence-corrected chi connectivity index (χ1v) is 8.09. The van der Waals surface area contributed by atoms with Crippen molar-refractivity contribution in [2.45, 2.75) is 20.0 Å². The summed E-state index contributed by atoms with van der Waals surface area (Å²) in [5.41, 5.74) is 2.11. The van der Waals surface area contributed by atoms with Crippen molar-refractivity contribution in [3.05, 3.63) is 59.5 Å². The van der Waals surface area contributed by atoms with Crippen LogP contribution in [0.5, 0.6) is 5.75 Å². The minimum atomic E-state index is -0.343. The van der Waals surface area contributed by atoms with Gasteiger partial charge in [-0.25, -0.2) is 9.50 Å². The Morgan fingerprint density at radius 3 is 2.92 bits per heavy atom. The zero-order chi connectivity index (χ0) is 18.0. The third-order valence-corrected chi connectivity index (χ3v) is 3.64.